The summed E-state index contributed by atoms with van der Waals surface area (Å²) in [6, 6.07) is 8.67. The van der Waals surface area contributed by atoms with Crippen molar-refractivity contribution in [2.75, 3.05) is 12.4 Å². The molecule has 0 aliphatic carbocycles. The van der Waals surface area contributed by atoms with Gasteiger partial charge in [0.1, 0.15) is 0 Å². The third-order valence-corrected chi connectivity index (χ3v) is 4.04. The van der Waals surface area contributed by atoms with Gasteiger partial charge in [0.05, 0.1) is 18.4 Å². The van der Waals surface area contributed by atoms with Crippen LogP contribution in [0.2, 0.25) is 0 Å². The van der Waals surface area contributed by atoms with Gasteiger partial charge in [-0.2, -0.15) is 5.10 Å². The molecule has 0 radical (unpaired) electrons. The van der Waals surface area contributed by atoms with Crippen molar-refractivity contribution in [2.24, 2.45) is 7.05 Å². The smallest absolute Gasteiger partial charge is 0.216 e. The van der Waals surface area contributed by atoms with Gasteiger partial charge in [0.25, 0.3) is 0 Å². The van der Waals surface area contributed by atoms with E-state index in [1.807, 2.05) is 14.0 Å². The number of hydrogen-bond donors (Lipinski definition) is 1. The molecule has 4 heteroatoms. The van der Waals surface area contributed by atoms with Crippen LogP contribution in [0.3, 0.4) is 0 Å². The third kappa shape index (κ3) is 3.38. The fourth-order valence-electron chi connectivity index (χ4n) is 2.50. The zero-order valence-electron chi connectivity index (χ0n) is 13.6. The number of rotatable bonds is 6. The van der Waals surface area contributed by atoms with E-state index in [0.717, 1.165) is 22.8 Å². The van der Waals surface area contributed by atoms with E-state index in [1.165, 1.54) is 12.0 Å². The molecule has 1 aromatic heterocycles. The predicted molar refractivity (Wildman–Crippen MR) is 87.0 cm³/mol. The van der Waals surface area contributed by atoms with E-state index in [2.05, 4.69) is 48.5 Å². The molecule has 0 saturated carbocycles. The Morgan fingerprint density at radius 1 is 1.29 bits per heavy atom. The summed E-state index contributed by atoms with van der Waals surface area (Å²) in [5.74, 6) is 1.43. The molecule has 21 heavy (non-hydrogen) atoms. The summed E-state index contributed by atoms with van der Waals surface area (Å²) in [7, 11) is 3.58. The molecular weight excluding hydrogens is 262 g/mol. The molecule has 2 rings (SSSR count). The standard InChI is InChI=1S/C17H25N3O/c1-6-12(2)14-7-9-15(10-8-14)18-11-16-13(3)19-20(4)17(16)21-5/h7-10,12,18H,6,11H2,1-5H3. The first-order chi connectivity index (χ1) is 10.1. The number of aryl methyl sites for hydroxylation is 2. The summed E-state index contributed by atoms with van der Waals surface area (Å²) >= 11 is 0. The number of nitrogens with zero attached hydrogens (tertiary/aromatic N) is 2. The van der Waals surface area contributed by atoms with E-state index >= 15 is 0 Å². The van der Waals surface area contributed by atoms with Crippen LogP contribution in [-0.2, 0) is 13.6 Å². The van der Waals surface area contributed by atoms with Crippen molar-refractivity contribution < 1.29 is 4.74 Å². The number of ether oxygens (including phenoxy) is 1. The Morgan fingerprint density at radius 3 is 2.52 bits per heavy atom. The van der Waals surface area contributed by atoms with E-state index in [4.69, 9.17) is 4.74 Å². The van der Waals surface area contributed by atoms with Gasteiger partial charge in [-0.25, -0.2) is 4.68 Å². The highest BCUT2D eigenvalue weighted by Gasteiger charge is 2.13. The highest BCUT2D eigenvalue weighted by molar-refractivity contribution is 5.47. The number of hydrogen-bond acceptors (Lipinski definition) is 3. The Labute approximate surface area is 127 Å². The fraction of sp³-hybridized carbons (Fsp3) is 0.471. The summed E-state index contributed by atoms with van der Waals surface area (Å²) < 4.78 is 7.19. The second-order valence-electron chi connectivity index (χ2n) is 5.48. The van der Waals surface area contributed by atoms with Crippen LogP contribution in [0.25, 0.3) is 0 Å². The molecule has 0 aliphatic rings. The summed E-state index contributed by atoms with van der Waals surface area (Å²) in [5, 5.41) is 7.83. The summed E-state index contributed by atoms with van der Waals surface area (Å²) in [5.41, 5.74) is 4.61. The molecule has 0 amide bonds. The molecule has 0 spiro atoms. The van der Waals surface area contributed by atoms with E-state index < -0.39 is 0 Å². The summed E-state index contributed by atoms with van der Waals surface area (Å²) in [4.78, 5) is 0. The number of benzene rings is 1. The van der Waals surface area contributed by atoms with Crippen LogP contribution in [0.5, 0.6) is 5.88 Å². The van der Waals surface area contributed by atoms with Crippen LogP contribution in [0, 0.1) is 6.92 Å². The normalized spacial score (nSPS) is 12.2. The lowest BCUT2D eigenvalue weighted by Gasteiger charge is -2.11. The number of nitrogens with one attached hydrogen (secondary N) is 1. The van der Waals surface area contributed by atoms with Crippen molar-refractivity contribution in [2.45, 2.75) is 39.7 Å². The summed E-state index contributed by atoms with van der Waals surface area (Å²) in [6.45, 7) is 7.19. The first-order valence-corrected chi connectivity index (χ1v) is 7.47. The maximum Gasteiger partial charge on any atom is 0.216 e. The maximum atomic E-state index is 5.41. The quantitative estimate of drug-likeness (QED) is 0.876. The molecule has 114 valence electrons. The minimum atomic E-state index is 0.611. The molecule has 1 atom stereocenters. The van der Waals surface area contributed by atoms with Gasteiger partial charge in [-0.15, -0.1) is 0 Å². The van der Waals surface area contributed by atoms with Crippen molar-refractivity contribution in [3.05, 3.63) is 41.1 Å². The molecule has 1 heterocycles. The van der Waals surface area contributed by atoms with E-state index in [1.54, 1.807) is 11.8 Å². The first kappa shape index (κ1) is 15.4. The number of methoxy groups -OCH3 is 1. The molecule has 4 nitrogen and oxygen atoms in total. The molecule has 0 saturated heterocycles. The van der Waals surface area contributed by atoms with E-state index in [0.29, 0.717) is 12.5 Å². The molecule has 1 aromatic carbocycles. The van der Waals surface area contributed by atoms with Crippen LogP contribution in [-0.4, -0.2) is 16.9 Å². The molecule has 2 aromatic rings. The Morgan fingerprint density at radius 2 is 1.95 bits per heavy atom. The number of anilines is 1. The Bertz CT molecular complexity index is 587. The Kier molecular flexibility index (Phi) is 4.89. The minimum absolute atomic E-state index is 0.611. The van der Waals surface area contributed by atoms with Gasteiger partial charge in [-0.3, -0.25) is 0 Å². The van der Waals surface area contributed by atoms with E-state index in [-0.39, 0.29) is 0 Å². The average Bonchev–Trinajstić information content (AvgIpc) is 2.78. The second kappa shape index (κ2) is 6.66. The molecule has 0 bridgehead atoms. The third-order valence-electron chi connectivity index (χ3n) is 4.04. The van der Waals surface area contributed by atoms with Gasteiger partial charge in [0, 0.05) is 19.3 Å². The van der Waals surface area contributed by atoms with Gasteiger partial charge < -0.3 is 10.1 Å². The minimum Gasteiger partial charge on any atom is -0.481 e. The van der Waals surface area contributed by atoms with Crippen molar-refractivity contribution in [3.63, 3.8) is 0 Å². The first-order valence-electron chi connectivity index (χ1n) is 7.47. The van der Waals surface area contributed by atoms with Crippen LogP contribution >= 0.6 is 0 Å². The second-order valence-corrected chi connectivity index (χ2v) is 5.48. The molecule has 1 N–H and O–H groups in total. The lowest BCUT2D eigenvalue weighted by molar-refractivity contribution is 0.370. The largest absolute Gasteiger partial charge is 0.481 e. The summed E-state index contributed by atoms with van der Waals surface area (Å²) in [6.07, 6.45) is 1.17. The van der Waals surface area contributed by atoms with Crippen molar-refractivity contribution in [1.29, 1.82) is 0 Å². The van der Waals surface area contributed by atoms with Gasteiger partial charge in [0.15, 0.2) is 0 Å². The van der Waals surface area contributed by atoms with E-state index in [9.17, 15) is 0 Å². The Hall–Kier alpha value is -1.97. The topological polar surface area (TPSA) is 39.1 Å². The Balaban J connectivity index is 2.06. The van der Waals surface area contributed by atoms with Crippen LogP contribution in [0.15, 0.2) is 24.3 Å². The van der Waals surface area contributed by atoms with Gasteiger partial charge in [0.2, 0.25) is 5.88 Å². The fourth-order valence-corrected chi connectivity index (χ4v) is 2.50. The highest BCUT2D eigenvalue weighted by atomic mass is 16.5. The lowest BCUT2D eigenvalue weighted by atomic mass is 9.99. The monoisotopic (exact) mass is 287 g/mol. The molecule has 0 fully saturated rings. The zero-order valence-corrected chi connectivity index (χ0v) is 13.6. The SMILES string of the molecule is CCC(C)c1ccc(NCc2c(C)nn(C)c2OC)cc1. The van der Waals surface area contributed by atoms with Gasteiger partial charge in [-0.1, -0.05) is 26.0 Å². The molecule has 0 aliphatic heterocycles. The predicted octanol–water partition coefficient (Wildman–Crippen LogP) is 3.86. The molecule has 1 unspecified atom stereocenters. The van der Waals surface area contributed by atoms with Crippen LogP contribution in [0.1, 0.15) is 43.0 Å². The van der Waals surface area contributed by atoms with Crippen molar-refractivity contribution >= 4 is 5.69 Å². The number of aromatic nitrogens is 2. The lowest BCUT2D eigenvalue weighted by Crippen LogP contribution is -2.03. The van der Waals surface area contributed by atoms with Crippen LogP contribution < -0.4 is 10.1 Å². The van der Waals surface area contributed by atoms with Crippen LogP contribution in [0.4, 0.5) is 5.69 Å². The zero-order chi connectivity index (χ0) is 15.4. The highest BCUT2D eigenvalue weighted by Crippen LogP contribution is 2.24. The van der Waals surface area contributed by atoms with Crippen molar-refractivity contribution in [1.82, 2.24) is 9.78 Å². The van der Waals surface area contributed by atoms with Gasteiger partial charge >= 0.3 is 0 Å². The maximum absolute atomic E-state index is 5.41. The molecular formula is C17H25N3O. The van der Waals surface area contributed by atoms with Crippen molar-refractivity contribution in [3.8, 4) is 5.88 Å². The average molecular weight is 287 g/mol. The van der Waals surface area contributed by atoms with Gasteiger partial charge in [-0.05, 0) is 37.0 Å².